The Bertz CT molecular complexity index is 161. The molecule has 0 aromatic heterocycles. The lowest BCUT2D eigenvalue weighted by Gasteiger charge is -2.54. The topological polar surface area (TPSA) is 46.3 Å². The number of β-lactam (4-membered cyclic amide) rings is 1. The number of hydrogen-bond acceptors (Lipinski definition) is 2. The third-order valence-corrected chi connectivity index (χ3v) is 3.07. The molecule has 0 bridgehead atoms. The summed E-state index contributed by atoms with van der Waals surface area (Å²) in [6.07, 6.45) is 1.90. The Morgan fingerprint density at radius 3 is 2.18 bits per heavy atom. The van der Waals surface area contributed by atoms with Gasteiger partial charge in [0.15, 0.2) is 0 Å². The molecular formula is C8H16N2O. The molecule has 1 saturated heterocycles. The summed E-state index contributed by atoms with van der Waals surface area (Å²) in [6, 6.07) is -0.262. The summed E-state index contributed by atoms with van der Waals surface area (Å²) in [4.78, 5) is 12.9. The summed E-state index contributed by atoms with van der Waals surface area (Å²) in [7, 11) is 1.83. The highest BCUT2D eigenvalue weighted by atomic mass is 16.2. The molecule has 11 heavy (non-hydrogen) atoms. The average molecular weight is 156 g/mol. The van der Waals surface area contributed by atoms with Crippen LogP contribution in [-0.4, -0.2) is 29.4 Å². The quantitative estimate of drug-likeness (QED) is 0.586. The van der Waals surface area contributed by atoms with Crippen LogP contribution in [0.4, 0.5) is 0 Å². The van der Waals surface area contributed by atoms with Gasteiger partial charge in [-0.15, -0.1) is 0 Å². The van der Waals surface area contributed by atoms with Gasteiger partial charge in [0.1, 0.15) is 6.04 Å². The molecule has 0 spiro atoms. The molecule has 0 aromatic carbocycles. The van der Waals surface area contributed by atoms with Crippen molar-refractivity contribution in [3.63, 3.8) is 0 Å². The molecule has 1 fully saturated rings. The zero-order valence-corrected chi connectivity index (χ0v) is 7.42. The van der Waals surface area contributed by atoms with Crippen molar-refractivity contribution in [2.24, 2.45) is 5.73 Å². The SMILES string of the molecule is CCC1(CC)[C@H](N)C(=O)N1C. The van der Waals surface area contributed by atoms with Crippen LogP contribution in [0.5, 0.6) is 0 Å². The third-order valence-electron chi connectivity index (χ3n) is 3.07. The van der Waals surface area contributed by atoms with E-state index in [-0.39, 0.29) is 17.5 Å². The van der Waals surface area contributed by atoms with Crippen molar-refractivity contribution in [2.45, 2.75) is 38.3 Å². The van der Waals surface area contributed by atoms with Crippen LogP contribution in [0.2, 0.25) is 0 Å². The van der Waals surface area contributed by atoms with Gasteiger partial charge in [0, 0.05) is 7.05 Å². The van der Waals surface area contributed by atoms with Gasteiger partial charge in [0.25, 0.3) is 0 Å². The van der Waals surface area contributed by atoms with Crippen molar-refractivity contribution in [3.05, 3.63) is 0 Å². The van der Waals surface area contributed by atoms with Gasteiger partial charge < -0.3 is 10.6 Å². The zero-order chi connectivity index (χ0) is 8.65. The number of carbonyl (C=O) groups is 1. The van der Waals surface area contributed by atoms with E-state index in [1.54, 1.807) is 4.90 Å². The van der Waals surface area contributed by atoms with E-state index in [0.717, 1.165) is 12.8 Å². The molecule has 3 nitrogen and oxygen atoms in total. The van der Waals surface area contributed by atoms with Gasteiger partial charge >= 0.3 is 0 Å². The van der Waals surface area contributed by atoms with E-state index in [4.69, 9.17) is 5.73 Å². The Kier molecular flexibility index (Phi) is 1.92. The predicted octanol–water partition coefficient (Wildman–Crippen LogP) is 0.344. The van der Waals surface area contributed by atoms with Crippen LogP contribution in [0.25, 0.3) is 0 Å². The fourth-order valence-corrected chi connectivity index (χ4v) is 1.96. The van der Waals surface area contributed by atoms with Gasteiger partial charge in [-0.2, -0.15) is 0 Å². The van der Waals surface area contributed by atoms with E-state index >= 15 is 0 Å². The maximum atomic E-state index is 11.1. The van der Waals surface area contributed by atoms with Crippen LogP contribution in [0.1, 0.15) is 26.7 Å². The van der Waals surface area contributed by atoms with E-state index in [1.807, 2.05) is 7.05 Å². The highest BCUT2D eigenvalue weighted by Crippen LogP contribution is 2.35. The number of likely N-dealkylation sites (tertiary alicyclic amines) is 1. The molecule has 3 heteroatoms. The standard InChI is InChI=1S/C8H16N2O/c1-4-8(5-2)6(9)7(11)10(8)3/h6H,4-5,9H2,1-3H3/t6-/m1/s1. The Morgan fingerprint density at radius 1 is 1.55 bits per heavy atom. The Hall–Kier alpha value is -0.570. The van der Waals surface area contributed by atoms with Crippen molar-refractivity contribution in [2.75, 3.05) is 7.05 Å². The predicted molar refractivity (Wildman–Crippen MR) is 44.1 cm³/mol. The van der Waals surface area contributed by atoms with E-state index < -0.39 is 0 Å². The lowest BCUT2D eigenvalue weighted by Crippen LogP contribution is -2.75. The molecular weight excluding hydrogens is 140 g/mol. The number of likely N-dealkylation sites (N-methyl/N-ethyl adjacent to an activating group) is 1. The van der Waals surface area contributed by atoms with Gasteiger partial charge in [0.2, 0.25) is 5.91 Å². The highest BCUT2D eigenvalue weighted by Gasteiger charge is 2.53. The first-order valence-corrected chi connectivity index (χ1v) is 4.13. The first-order valence-electron chi connectivity index (χ1n) is 4.13. The van der Waals surface area contributed by atoms with Crippen LogP contribution in [0, 0.1) is 0 Å². The van der Waals surface area contributed by atoms with Crippen LogP contribution in [0.15, 0.2) is 0 Å². The summed E-state index contributed by atoms with van der Waals surface area (Å²) in [5.74, 6) is 0.0775. The maximum absolute atomic E-state index is 11.1. The molecule has 0 aromatic rings. The van der Waals surface area contributed by atoms with E-state index in [0.29, 0.717) is 0 Å². The van der Waals surface area contributed by atoms with Crippen LogP contribution in [0.3, 0.4) is 0 Å². The Balaban J connectivity index is 2.78. The number of amides is 1. The fourth-order valence-electron chi connectivity index (χ4n) is 1.96. The molecule has 0 radical (unpaired) electrons. The molecule has 1 rings (SSSR count). The van der Waals surface area contributed by atoms with Crippen molar-refractivity contribution in [1.29, 1.82) is 0 Å². The number of carbonyl (C=O) groups excluding carboxylic acids is 1. The number of rotatable bonds is 2. The smallest absolute Gasteiger partial charge is 0.242 e. The van der Waals surface area contributed by atoms with Crippen molar-refractivity contribution < 1.29 is 4.79 Å². The van der Waals surface area contributed by atoms with Crippen LogP contribution < -0.4 is 5.73 Å². The zero-order valence-electron chi connectivity index (χ0n) is 7.42. The summed E-state index contributed by atoms with van der Waals surface area (Å²) in [5.41, 5.74) is 5.68. The molecule has 1 aliphatic heterocycles. The van der Waals surface area contributed by atoms with E-state index in [9.17, 15) is 4.79 Å². The van der Waals surface area contributed by atoms with Crippen molar-refractivity contribution in [1.82, 2.24) is 4.90 Å². The Labute approximate surface area is 67.5 Å². The first-order chi connectivity index (χ1) is 5.10. The van der Waals surface area contributed by atoms with E-state index in [1.165, 1.54) is 0 Å². The second-order valence-corrected chi connectivity index (χ2v) is 3.19. The summed E-state index contributed by atoms with van der Waals surface area (Å²) in [5, 5.41) is 0. The minimum atomic E-state index is -0.262. The second-order valence-electron chi connectivity index (χ2n) is 3.19. The molecule has 1 amide bonds. The van der Waals surface area contributed by atoms with Crippen molar-refractivity contribution >= 4 is 5.91 Å². The summed E-state index contributed by atoms with van der Waals surface area (Å²) in [6.45, 7) is 4.15. The first kappa shape index (κ1) is 8.53. The van der Waals surface area contributed by atoms with E-state index in [2.05, 4.69) is 13.8 Å². The normalized spacial score (nSPS) is 28.5. The molecule has 64 valence electrons. The van der Waals surface area contributed by atoms with Crippen LogP contribution >= 0.6 is 0 Å². The summed E-state index contributed by atoms with van der Waals surface area (Å²) >= 11 is 0. The lowest BCUT2D eigenvalue weighted by atomic mass is 9.75. The molecule has 1 aliphatic rings. The van der Waals surface area contributed by atoms with Gasteiger partial charge in [-0.3, -0.25) is 4.79 Å². The van der Waals surface area contributed by atoms with Gasteiger partial charge in [-0.05, 0) is 12.8 Å². The average Bonchev–Trinajstić information content (AvgIpc) is 2.06. The molecule has 1 heterocycles. The maximum Gasteiger partial charge on any atom is 0.242 e. The molecule has 0 unspecified atom stereocenters. The fraction of sp³-hybridized carbons (Fsp3) is 0.875. The number of nitrogens with zero attached hydrogens (tertiary/aromatic N) is 1. The third kappa shape index (κ3) is 0.805. The summed E-state index contributed by atoms with van der Waals surface area (Å²) < 4.78 is 0. The Morgan fingerprint density at radius 2 is 2.00 bits per heavy atom. The van der Waals surface area contributed by atoms with Gasteiger partial charge in [-0.1, -0.05) is 13.8 Å². The van der Waals surface area contributed by atoms with Crippen molar-refractivity contribution in [3.8, 4) is 0 Å². The largest absolute Gasteiger partial charge is 0.337 e. The molecule has 0 saturated carbocycles. The lowest BCUT2D eigenvalue weighted by molar-refractivity contribution is -0.158. The molecule has 0 aliphatic carbocycles. The number of hydrogen-bond donors (Lipinski definition) is 1. The molecule has 1 atom stereocenters. The van der Waals surface area contributed by atoms with Crippen LogP contribution in [-0.2, 0) is 4.79 Å². The second kappa shape index (κ2) is 2.48. The monoisotopic (exact) mass is 156 g/mol. The minimum Gasteiger partial charge on any atom is -0.337 e. The molecule has 2 N–H and O–H groups in total. The highest BCUT2D eigenvalue weighted by molar-refractivity contribution is 5.90. The minimum absolute atomic E-state index is 0.0446. The van der Waals surface area contributed by atoms with Gasteiger partial charge in [0.05, 0.1) is 5.54 Å². The van der Waals surface area contributed by atoms with Gasteiger partial charge in [-0.25, -0.2) is 0 Å². The number of nitrogens with two attached hydrogens (primary N) is 1.